The van der Waals surface area contributed by atoms with E-state index in [2.05, 4.69) is 50.3 Å². The first-order valence-electron chi connectivity index (χ1n) is 28.2. The van der Waals surface area contributed by atoms with E-state index < -0.39 is 26.5 Å². The smallest absolute Gasteiger partial charge is 0.462 e. The minimum atomic E-state index is -4.38. The Bertz CT molecular complexity index is 1230. The van der Waals surface area contributed by atoms with Gasteiger partial charge >= 0.3 is 19.8 Å². The van der Waals surface area contributed by atoms with Gasteiger partial charge < -0.3 is 18.9 Å². The number of phosphoric acid groups is 1. The maximum Gasteiger partial charge on any atom is 0.472 e. The van der Waals surface area contributed by atoms with E-state index in [1.54, 1.807) is 0 Å². The van der Waals surface area contributed by atoms with Crippen molar-refractivity contribution < 1.29 is 42.1 Å². The highest BCUT2D eigenvalue weighted by Gasteiger charge is 2.27. The van der Waals surface area contributed by atoms with E-state index in [9.17, 15) is 19.0 Å². The second-order valence-electron chi connectivity index (χ2n) is 20.3. The van der Waals surface area contributed by atoms with Crippen LogP contribution in [0.15, 0.2) is 36.5 Å². The Labute approximate surface area is 414 Å². The highest BCUT2D eigenvalue weighted by atomic mass is 31.2. The van der Waals surface area contributed by atoms with Crippen molar-refractivity contribution >= 4 is 19.8 Å². The summed E-state index contributed by atoms with van der Waals surface area (Å²) in [5.41, 5.74) is 0. The number of likely N-dealkylation sites (N-methyl/N-ethyl adjacent to an activating group) is 1. The van der Waals surface area contributed by atoms with Crippen molar-refractivity contribution in [3.63, 3.8) is 0 Å². The lowest BCUT2D eigenvalue weighted by Crippen LogP contribution is -2.37. The molecule has 394 valence electrons. The van der Waals surface area contributed by atoms with E-state index >= 15 is 0 Å². The number of esters is 2. The van der Waals surface area contributed by atoms with Gasteiger partial charge in [-0.1, -0.05) is 237 Å². The summed E-state index contributed by atoms with van der Waals surface area (Å²) in [4.78, 5) is 35.6. The number of hydrogen-bond acceptors (Lipinski definition) is 7. The molecule has 1 N–H and O–H groups in total. The molecule has 0 saturated heterocycles. The molecule has 0 aliphatic carbocycles. The fraction of sp³-hybridized carbons (Fsp3) is 0.860. The van der Waals surface area contributed by atoms with E-state index in [1.165, 1.54) is 180 Å². The molecule has 0 fully saturated rings. The summed E-state index contributed by atoms with van der Waals surface area (Å²) in [7, 11) is 1.49. The van der Waals surface area contributed by atoms with Gasteiger partial charge in [0.25, 0.3) is 0 Å². The van der Waals surface area contributed by atoms with E-state index in [-0.39, 0.29) is 25.6 Å². The average Bonchev–Trinajstić information content (AvgIpc) is 3.29. The van der Waals surface area contributed by atoms with Crippen LogP contribution in [0.25, 0.3) is 0 Å². The van der Waals surface area contributed by atoms with E-state index in [0.29, 0.717) is 23.9 Å². The van der Waals surface area contributed by atoms with Gasteiger partial charge in [-0.25, -0.2) is 4.57 Å². The van der Waals surface area contributed by atoms with Gasteiger partial charge in [-0.3, -0.25) is 18.6 Å². The molecule has 0 heterocycles. The summed E-state index contributed by atoms with van der Waals surface area (Å²) in [6.45, 7) is 4.45. The Balaban J connectivity index is 4.14. The molecule has 0 radical (unpaired) electrons. The Morgan fingerprint density at radius 1 is 0.463 bits per heavy atom. The van der Waals surface area contributed by atoms with Crippen molar-refractivity contribution in [2.45, 2.75) is 270 Å². The zero-order valence-corrected chi connectivity index (χ0v) is 45.5. The molecule has 0 aliphatic heterocycles. The highest BCUT2D eigenvalue weighted by Crippen LogP contribution is 2.43. The van der Waals surface area contributed by atoms with Crippen LogP contribution in [0.5, 0.6) is 0 Å². The maximum atomic E-state index is 12.8. The summed E-state index contributed by atoms with van der Waals surface area (Å²) in [5.74, 6) is -0.787. The van der Waals surface area contributed by atoms with Crippen molar-refractivity contribution in [1.29, 1.82) is 0 Å². The zero-order chi connectivity index (χ0) is 49.2. The SMILES string of the molecule is CCCCCCC/C=C\C/C=C\C/C=C\CCCCCCCCCCCCCCC(=O)OC(COC(=O)CCCCCCCCCCCCCCCCCC)COP(=O)(O)OCC[N+](C)(C)C. The second kappa shape index (κ2) is 49.2. The molecule has 0 spiro atoms. The number of phosphoric ester groups is 1. The van der Waals surface area contributed by atoms with Gasteiger partial charge in [-0.05, 0) is 51.4 Å². The van der Waals surface area contributed by atoms with Crippen LogP contribution in [-0.4, -0.2) is 74.9 Å². The van der Waals surface area contributed by atoms with E-state index in [4.69, 9.17) is 18.5 Å². The molecule has 0 aromatic carbocycles. The maximum absolute atomic E-state index is 12.8. The summed E-state index contributed by atoms with van der Waals surface area (Å²) in [5, 5.41) is 0. The van der Waals surface area contributed by atoms with Gasteiger partial charge in [0.05, 0.1) is 27.7 Å². The third-order valence-corrected chi connectivity index (χ3v) is 13.4. The molecular formula is C57H109NO8P+. The van der Waals surface area contributed by atoms with Crippen molar-refractivity contribution in [1.82, 2.24) is 0 Å². The molecule has 10 heteroatoms. The molecule has 0 amide bonds. The second-order valence-corrected chi connectivity index (χ2v) is 21.8. The van der Waals surface area contributed by atoms with Crippen molar-refractivity contribution in [3.05, 3.63) is 36.5 Å². The lowest BCUT2D eigenvalue weighted by atomic mass is 10.0. The van der Waals surface area contributed by atoms with Gasteiger partial charge in [0.2, 0.25) is 0 Å². The minimum Gasteiger partial charge on any atom is -0.462 e. The Morgan fingerprint density at radius 3 is 1.19 bits per heavy atom. The average molecular weight is 967 g/mol. The topological polar surface area (TPSA) is 108 Å². The van der Waals surface area contributed by atoms with Crippen LogP contribution in [0.1, 0.15) is 264 Å². The van der Waals surface area contributed by atoms with Gasteiger partial charge in [0, 0.05) is 12.8 Å². The lowest BCUT2D eigenvalue weighted by molar-refractivity contribution is -0.870. The quantitative estimate of drug-likeness (QED) is 0.0211. The molecule has 2 atom stereocenters. The van der Waals surface area contributed by atoms with Crippen molar-refractivity contribution in [2.24, 2.45) is 0 Å². The first kappa shape index (κ1) is 65.2. The fourth-order valence-corrected chi connectivity index (χ4v) is 8.77. The molecule has 0 bridgehead atoms. The monoisotopic (exact) mass is 967 g/mol. The summed E-state index contributed by atoms with van der Waals surface area (Å²) >= 11 is 0. The highest BCUT2D eigenvalue weighted by molar-refractivity contribution is 7.47. The van der Waals surface area contributed by atoms with Crippen LogP contribution < -0.4 is 0 Å². The molecule has 0 aromatic rings. The number of rotatable bonds is 52. The molecule has 2 unspecified atom stereocenters. The van der Waals surface area contributed by atoms with Crippen molar-refractivity contribution in [2.75, 3.05) is 47.5 Å². The van der Waals surface area contributed by atoms with E-state index in [0.717, 1.165) is 51.4 Å². The lowest BCUT2D eigenvalue weighted by Gasteiger charge is -2.24. The molecule has 0 aliphatic rings. The van der Waals surface area contributed by atoms with Crippen LogP contribution in [-0.2, 0) is 32.7 Å². The summed E-state index contributed by atoms with van der Waals surface area (Å²) in [6.07, 6.45) is 59.2. The normalized spacial score (nSPS) is 13.6. The number of hydrogen-bond donors (Lipinski definition) is 1. The van der Waals surface area contributed by atoms with Crippen LogP contribution in [0.2, 0.25) is 0 Å². The molecule has 0 aromatic heterocycles. The number of carbonyl (C=O) groups excluding carboxylic acids is 2. The van der Waals surface area contributed by atoms with Crippen molar-refractivity contribution in [3.8, 4) is 0 Å². The predicted octanol–water partition coefficient (Wildman–Crippen LogP) is 17.2. The predicted molar refractivity (Wildman–Crippen MR) is 284 cm³/mol. The fourth-order valence-electron chi connectivity index (χ4n) is 8.02. The molecular weight excluding hydrogens is 858 g/mol. The van der Waals surface area contributed by atoms with Crippen LogP contribution in [0, 0.1) is 0 Å². The molecule has 0 rings (SSSR count). The zero-order valence-electron chi connectivity index (χ0n) is 44.6. The first-order chi connectivity index (χ1) is 32.5. The number of unbranched alkanes of at least 4 members (excludes halogenated alkanes) is 32. The van der Waals surface area contributed by atoms with Gasteiger partial charge in [-0.15, -0.1) is 0 Å². The van der Waals surface area contributed by atoms with Gasteiger partial charge in [-0.2, -0.15) is 0 Å². The molecule has 0 saturated carbocycles. The standard InChI is InChI=1S/C57H108NO8P/c1-6-8-10-12-14-16-18-20-22-24-25-26-27-28-29-30-31-32-33-34-36-38-40-42-44-46-48-50-57(60)66-55(54-65-67(61,62)64-52-51-58(3,4)5)53-63-56(59)49-47-45-43-41-39-37-35-23-21-19-17-15-13-11-9-7-2/h18,20,24-25,27-28,55H,6-17,19,21-23,26,29-54H2,1-5H3/p+1/b20-18-,25-24-,28-27-. The molecule has 9 nitrogen and oxygen atoms in total. The number of allylic oxidation sites excluding steroid dienone is 6. The Morgan fingerprint density at radius 2 is 0.806 bits per heavy atom. The molecule has 67 heavy (non-hydrogen) atoms. The van der Waals surface area contributed by atoms with Crippen LogP contribution in [0.4, 0.5) is 0 Å². The van der Waals surface area contributed by atoms with Gasteiger partial charge in [0.1, 0.15) is 19.8 Å². The minimum absolute atomic E-state index is 0.0330. The third-order valence-electron chi connectivity index (χ3n) is 12.4. The van der Waals surface area contributed by atoms with E-state index in [1.807, 2.05) is 21.1 Å². The Hall–Kier alpha value is -1.77. The third kappa shape index (κ3) is 53.4. The Kier molecular flexibility index (Phi) is 47.9. The number of quaternary nitrogens is 1. The van der Waals surface area contributed by atoms with Crippen LogP contribution in [0.3, 0.4) is 0 Å². The number of carbonyl (C=O) groups is 2. The number of nitrogens with zero attached hydrogens (tertiary/aromatic N) is 1. The largest absolute Gasteiger partial charge is 0.472 e. The summed E-state index contributed by atoms with van der Waals surface area (Å²) < 4.78 is 34.5. The van der Waals surface area contributed by atoms with Gasteiger partial charge in [0.15, 0.2) is 6.10 Å². The summed E-state index contributed by atoms with van der Waals surface area (Å²) in [6, 6.07) is 0. The first-order valence-corrected chi connectivity index (χ1v) is 29.7. The number of ether oxygens (including phenoxy) is 2. The van der Waals surface area contributed by atoms with Crippen LogP contribution >= 0.6 is 7.82 Å².